The molecule has 0 spiro atoms. The molecule has 0 aliphatic heterocycles. The zero-order valence-corrected chi connectivity index (χ0v) is 10.1. The summed E-state index contributed by atoms with van der Waals surface area (Å²) >= 11 is 2.94. The Kier molecular flexibility index (Phi) is 5.12. The molecule has 0 rings (SSSR count). The molecular formula is C9H15BrFNO2. The number of hydrogen-bond donors (Lipinski definition) is 1. The first-order chi connectivity index (χ1) is 6.29. The maximum Gasteiger partial charge on any atom is 0.408 e. The number of amides is 1. The fraction of sp³-hybridized carbons (Fsp3) is 0.667. The Labute approximate surface area is 91.7 Å². The molecule has 0 bridgehead atoms. The molecule has 1 amide bonds. The first-order valence-electron chi connectivity index (χ1n) is 4.20. The quantitative estimate of drug-likeness (QED) is 0.799. The molecule has 0 aliphatic rings. The van der Waals surface area contributed by atoms with E-state index in [1.54, 1.807) is 20.8 Å². The van der Waals surface area contributed by atoms with E-state index >= 15 is 0 Å². The lowest BCUT2D eigenvalue weighted by Crippen LogP contribution is -2.44. The average molecular weight is 268 g/mol. The summed E-state index contributed by atoms with van der Waals surface area (Å²) in [4.78, 5) is 12.0. The molecule has 14 heavy (non-hydrogen) atoms. The molecule has 0 atom stereocenters. The Morgan fingerprint density at radius 1 is 1.57 bits per heavy atom. The summed E-state index contributed by atoms with van der Waals surface area (Å²) in [6, 6.07) is 0. The molecule has 82 valence electrons. The Balaban J connectivity index is 4.49. The molecule has 0 aromatic rings. The van der Waals surface area contributed by atoms with Crippen molar-refractivity contribution in [1.29, 1.82) is 0 Å². The third-order valence-corrected chi connectivity index (χ3v) is 2.20. The van der Waals surface area contributed by atoms with Crippen LogP contribution in [0.1, 0.15) is 20.8 Å². The number of carbonyl (C=O) groups is 1. The van der Waals surface area contributed by atoms with Crippen LogP contribution in [-0.2, 0) is 0 Å². The second kappa shape index (κ2) is 5.34. The van der Waals surface area contributed by atoms with E-state index in [-0.39, 0.29) is 17.7 Å². The molecule has 1 N–H and O–H groups in total. The summed E-state index contributed by atoms with van der Waals surface area (Å²) in [5.74, 6) is -0.361. The van der Waals surface area contributed by atoms with Gasteiger partial charge in [0, 0.05) is 12.1 Å². The van der Waals surface area contributed by atoms with Gasteiger partial charge in [0.25, 0.3) is 0 Å². The maximum absolute atomic E-state index is 12.7. The van der Waals surface area contributed by atoms with Crippen molar-refractivity contribution in [2.75, 3.05) is 11.9 Å². The molecule has 3 nitrogen and oxygen atoms in total. The standard InChI is InChI=1S/C9H15BrFNO2/c1-9(2,3)12(8(13)14)5-4-7(11)6-10/h4H,5-6H2,1-3H3,(H,13,14). The molecule has 0 saturated carbocycles. The Morgan fingerprint density at radius 3 is 2.36 bits per heavy atom. The summed E-state index contributed by atoms with van der Waals surface area (Å²) in [6.45, 7) is 5.36. The van der Waals surface area contributed by atoms with E-state index < -0.39 is 11.6 Å². The number of rotatable bonds is 3. The predicted molar refractivity (Wildman–Crippen MR) is 57.5 cm³/mol. The molecule has 0 unspecified atom stereocenters. The van der Waals surface area contributed by atoms with Gasteiger partial charge in [-0.1, -0.05) is 15.9 Å². The van der Waals surface area contributed by atoms with Gasteiger partial charge in [-0.05, 0) is 26.8 Å². The maximum atomic E-state index is 12.7. The van der Waals surface area contributed by atoms with E-state index in [0.717, 1.165) is 0 Å². The Bertz CT molecular complexity index is 235. The molecule has 0 fully saturated rings. The number of alkyl halides is 1. The molecule has 0 heterocycles. The summed E-state index contributed by atoms with van der Waals surface area (Å²) in [5, 5.41) is 8.97. The van der Waals surface area contributed by atoms with E-state index in [0.29, 0.717) is 0 Å². The molecule has 5 heteroatoms. The lowest BCUT2D eigenvalue weighted by Gasteiger charge is -2.32. The highest BCUT2D eigenvalue weighted by molar-refractivity contribution is 9.09. The Morgan fingerprint density at radius 2 is 2.07 bits per heavy atom. The number of hydrogen-bond acceptors (Lipinski definition) is 1. The fourth-order valence-electron chi connectivity index (χ4n) is 0.884. The minimum absolute atomic E-state index is 0.0657. The third kappa shape index (κ3) is 4.60. The second-order valence-corrected chi connectivity index (χ2v) is 4.41. The van der Waals surface area contributed by atoms with E-state index in [2.05, 4.69) is 15.9 Å². The molecule has 0 aromatic carbocycles. The normalized spacial score (nSPS) is 12.8. The van der Waals surface area contributed by atoms with Gasteiger partial charge in [-0.25, -0.2) is 9.18 Å². The molecule has 0 radical (unpaired) electrons. The molecule has 0 saturated heterocycles. The highest BCUT2D eigenvalue weighted by Crippen LogP contribution is 2.14. The SMILES string of the molecule is CC(C)(C)N(CC=C(F)CBr)C(=O)O. The molecule has 0 aromatic heterocycles. The number of allylic oxidation sites excluding steroid dienone is 1. The third-order valence-electron chi connectivity index (χ3n) is 1.66. The van der Waals surface area contributed by atoms with Crippen LogP contribution in [0, 0.1) is 0 Å². The van der Waals surface area contributed by atoms with Crippen LogP contribution in [0.4, 0.5) is 9.18 Å². The smallest absolute Gasteiger partial charge is 0.408 e. The predicted octanol–water partition coefficient (Wildman–Crippen LogP) is 3.01. The van der Waals surface area contributed by atoms with Crippen LogP contribution in [0.25, 0.3) is 0 Å². The number of halogens is 2. The van der Waals surface area contributed by atoms with Crippen molar-refractivity contribution in [2.24, 2.45) is 0 Å². The van der Waals surface area contributed by atoms with E-state index in [1.165, 1.54) is 11.0 Å². The summed E-state index contributed by atoms with van der Waals surface area (Å²) < 4.78 is 12.7. The van der Waals surface area contributed by atoms with Crippen LogP contribution in [0.5, 0.6) is 0 Å². The van der Waals surface area contributed by atoms with Gasteiger partial charge in [0.05, 0.1) is 5.33 Å². The topological polar surface area (TPSA) is 40.5 Å². The minimum atomic E-state index is -1.05. The van der Waals surface area contributed by atoms with Crippen molar-refractivity contribution in [3.63, 3.8) is 0 Å². The summed E-state index contributed by atoms with van der Waals surface area (Å²) in [5.41, 5.74) is -0.519. The van der Waals surface area contributed by atoms with Gasteiger partial charge in [0.15, 0.2) is 0 Å². The van der Waals surface area contributed by atoms with Crippen molar-refractivity contribution in [2.45, 2.75) is 26.3 Å². The lowest BCUT2D eigenvalue weighted by atomic mass is 10.1. The van der Waals surface area contributed by atoms with E-state index in [1.807, 2.05) is 0 Å². The Hall–Kier alpha value is -0.580. The van der Waals surface area contributed by atoms with E-state index in [9.17, 15) is 9.18 Å². The highest BCUT2D eigenvalue weighted by atomic mass is 79.9. The zero-order valence-electron chi connectivity index (χ0n) is 8.55. The first kappa shape index (κ1) is 13.4. The average Bonchev–Trinajstić information content (AvgIpc) is 2.01. The van der Waals surface area contributed by atoms with Crippen LogP contribution in [0.2, 0.25) is 0 Å². The van der Waals surface area contributed by atoms with Crippen LogP contribution < -0.4 is 0 Å². The van der Waals surface area contributed by atoms with Gasteiger partial charge in [0.1, 0.15) is 5.83 Å². The largest absolute Gasteiger partial charge is 0.465 e. The van der Waals surface area contributed by atoms with Crippen LogP contribution in [0.15, 0.2) is 11.9 Å². The van der Waals surface area contributed by atoms with Gasteiger partial charge in [0.2, 0.25) is 0 Å². The first-order valence-corrected chi connectivity index (χ1v) is 5.32. The van der Waals surface area contributed by atoms with Crippen LogP contribution in [-0.4, -0.2) is 33.5 Å². The second-order valence-electron chi connectivity index (χ2n) is 3.85. The van der Waals surface area contributed by atoms with Crippen molar-refractivity contribution >= 4 is 22.0 Å². The zero-order chi connectivity index (χ0) is 11.4. The number of nitrogens with zero attached hydrogens (tertiary/aromatic N) is 1. The van der Waals surface area contributed by atoms with Gasteiger partial charge >= 0.3 is 6.09 Å². The van der Waals surface area contributed by atoms with Gasteiger partial charge in [-0.15, -0.1) is 0 Å². The van der Waals surface area contributed by atoms with Crippen molar-refractivity contribution in [3.05, 3.63) is 11.9 Å². The van der Waals surface area contributed by atoms with Gasteiger partial charge in [-0.3, -0.25) is 4.90 Å². The van der Waals surface area contributed by atoms with Crippen molar-refractivity contribution < 1.29 is 14.3 Å². The summed E-state index contributed by atoms with van der Waals surface area (Å²) in [6.07, 6.45) is 0.213. The van der Waals surface area contributed by atoms with E-state index in [4.69, 9.17) is 5.11 Å². The van der Waals surface area contributed by atoms with Crippen molar-refractivity contribution in [1.82, 2.24) is 4.90 Å². The highest BCUT2D eigenvalue weighted by Gasteiger charge is 2.24. The number of carboxylic acid groups (broad SMARTS) is 1. The monoisotopic (exact) mass is 267 g/mol. The molecular weight excluding hydrogens is 253 g/mol. The summed E-state index contributed by atoms with van der Waals surface area (Å²) in [7, 11) is 0. The van der Waals surface area contributed by atoms with Gasteiger partial charge in [-0.2, -0.15) is 0 Å². The molecule has 0 aliphatic carbocycles. The van der Waals surface area contributed by atoms with Gasteiger partial charge < -0.3 is 5.11 Å². The minimum Gasteiger partial charge on any atom is -0.465 e. The van der Waals surface area contributed by atoms with Crippen LogP contribution >= 0.6 is 15.9 Å². The fourth-order valence-corrected chi connectivity index (χ4v) is 1.11. The van der Waals surface area contributed by atoms with Crippen molar-refractivity contribution in [3.8, 4) is 0 Å². The lowest BCUT2D eigenvalue weighted by molar-refractivity contribution is 0.108. The van der Waals surface area contributed by atoms with Crippen LogP contribution in [0.3, 0.4) is 0 Å².